The van der Waals surface area contributed by atoms with Crippen molar-refractivity contribution in [1.82, 2.24) is 9.88 Å². The summed E-state index contributed by atoms with van der Waals surface area (Å²) in [5, 5.41) is 6.48. The summed E-state index contributed by atoms with van der Waals surface area (Å²) in [7, 11) is 1.55. The van der Waals surface area contributed by atoms with E-state index in [-0.39, 0.29) is 18.1 Å². The van der Waals surface area contributed by atoms with E-state index in [1.165, 1.54) is 0 Å². The van der Waals surface area contributed by atoms with Gasteiger partial charge in [0, 0.05) is 31.2 Å². The van der Waals surface area contributed by atoms with Crippen molar-refractivity contribution in [3.05, 3.63) is 34.2 Å². The summed E-state index contributed by atoms with van der Waals surface area (Å²) in [4.78, 5) is 24.7. The number of nitrogens with two attached hydrogens (primary N) is 1. The minimum atomic E-state index is -0.324. The first-order valence-electron chi connectivity index (χ1n) is 9.43. The number of hydrogen-bond donors (Lipinski definition) is 3. The van der Waals surface area contributed by atoms with Gasteiger partial charge in [0.25, 0.3) is 5.56 Å². The average Bonchev–Trinajstić information content (AvgIpc) is 2.64. The van der Waals surface area contributed by atoms with E-state index in [1.807, 2.05) is 0 Å². The van der Waals surface area contributed by atoms with E-state index < -0.39 is 0 Å². The van der Waals surface area contributed by atoms with E-state index in [0.29, 0.717) is 47.0 Å². The van der Waals surface area contributed by atoms with Crippen LogP contribution in [0.3, 0.4) is 0 Å². The number of fused-ring (bicyclic) bond motifs is 1. The van der Waals surface area contributed by atoms with Crippen molar-refractivity contribution in [3.8, 4) is 5.75 Å². The molecule has 0 atom stereocenters. The largest absolute Gasteiger partial charge is 0.491 e. The van der Waals surface area contributed by atoms with E-state index in [2.05, 4.69) is 31.4 Å². The van der Waals surface area contributed by atoms with Crippen LogP contribution >= 0.6 is 0 Å². The third kappa shape index (κ3) is 4.80. The average molecular weight is 374 g/mol. The number of nitrogens with one attached hydrogen (secondary N) is 2. The Labute approximate surface area is 159 Å². The minimum absolute atomic E-state index is 0.0894. The van der Waals surface area contributed by atoms with Crippen LogP contribution in [0.15, 0.2) is 23.0 Å². The number of anilines is 1. The van der Waals surface area contributed by atoms with E-state index in [9.17, 15) is 9.59 Å². The zero-order chi connectivity index (χ0) is 20.0. The van der Waals surface area contributed by atoms with Crippen molar-refractivity contribution < 1.29 is 9.53 Å². The Morgan fingerprint density at radius 2 is 2.04 bits per heavy atom. The van der Waals surface area contributed by atoms with Gasteiger partial charge >= 0.3 is 6.03 Å². The summed E-state index contributed by atoms with van der Waals surface area (Å²) in [6.07, 6.45) is 1.91. The smallest absolute Gasteiger partial charge is 0.318 e. The Morgan fingerprint density at radius 1 is 1.30 bits per heavy atom. The number of pyridine rings is 1. The highest BCUT2D eigenvalue weighted by molar-refractivity contribution is 5.95. The first kappa shape index (κ1) is 20.8. The second-order valence-electron chi connectivity index (χ2n) is 6.96. The van der Waals surface area contributed by atoms with Gasteiger partial charge in [0.2, 0.25) is 0 Å². The lowest BCUT2D eigenvalue weighted by molar-refractivity contribution is 0.254. The SMILES string of the molecule is CCCCOc1c(CN)n(CC(C)C)c(=O)c2ccc(NC(=O)NC)cc12. The summed E-state index contributed by atoms with van der Waals surface area (Å²) in [6, 6.07) is 4.89. The molecule has 0 saturated heterocycles. The summed E-state index contributed by atoms with van der Waals surface area (Å²) in [5.74, 6) is 0.921. The molecule has 4 N–H and O–H groups in total. The van der Waals surface area contributed by atoms with Crippen molar-refractivity contribution >= 4 is 22.5 Å². The highest BCUT2D eigenvalue weighted by atomic mass is 16.5. The lowest BCUT2D eigenvalue weighted by atomic mass is 10.1. The van der Waals surface area contributed by atoms with Crippen LogP contribution in [0.5, 0.6) is 5.75 Å². The molecular weight excluding hydrogens is 344 g/mol. The molecule has 27 heavy (non-hydrogen) atoms. The Hall–Kier alpha value is -2.54. The zero-order valence-electron chi connectivity index (χ0n) is 16.6. The van der Waals surface area contributed by atoms with E-state index in [4.69, 9.17) is 10.5 Å². The number of unbranched alkanes of at least 4 members (excludes halogenated alkanes) is 1. The van der Waals surface area contributed by atoms with E-state index >= 15 is 0 Å². The van der Waals surface area contributed by atoms with Gasteiger partial charge in [-0.15, -0.1) is 0 Å². The van der Waals surface area contributed by atoms with Crippen LogP contribution in [0.4, 0.5) is 10.5 Å². The van der Waals surface area contributed by atoms with E-state index in [0.717, 1.165) is 12.8 Å². The van der Waals surface area contributed by atoms with Gasteiger partial charge in [0.15, 0.2) is 0 Å². The molecule has 0 radical (unpaired) electrons. The summed E-state index contributed by atoms with van der Waals surface area (Å²) in [5.41, 5.74) is 7.20. The summed E-state index contributed by atoms with van der Waals surface area (Å²) >= 11 is 0. The second kappa shape index (κ2) is 9.41. The Morgan fingerprint density at radius 3 is 2.63 bits per heavy atom. The number of carbonyl (C=O) groups is 1. The molecule has 0 spiro atoms. The fraction of sp³-hybridized carbons (Fsp3) is 0.500. The first-order chi connectivity index (χ1) is 12.9. The van der Waals surface area contributed by atoms with Crippen LogP contribution in [0.25, 0.3) is 10.8 Å². The lowest BCUT2D eigenvalue weighted by Crippen LogP contribution is -2.28. The molecule has 1 aromatic carbocycles. The third-order valence-corrected chi connectivity index (χ3v) is 4.30. The Kier molecular flexibility index (Phi) is 7.24. The van der Waals surface area contributed by atoms with Crippen molar-refractivity contribution in [2.75, 3.05) is 19.0 Å². The van der Waals surface area contributed by atoms with Crippen molar-refractivity contribution in [1.29, 1.82) is 0 Å². The monoisotopic (exact) mass is 374 g/mol. The number of amides is 2. The number of aromatic nitrogens is 1. The molecule has 1 heterocycles. The number of hydrogen-bond acceptors (Lipinski definition) is 4. The van der Waals surface area contributed by atoms with Gasteiger partial charge in [0.1, 0.15) is 5.75 Å². The van der Waals surface area contributed by atoms with Gasteiger partial charge in [-0.2, -0.15) is 0 Å². The molecule has 0 bridgehead atoms. The highest BCUT2D eigenvalue weighted by Gasteiger charge is 2.18. The predicted octanol–water partition coefficient (Wildman–Crippen LogP) is 3.05. The summed E-state index contributed by atoms with van der Waals surface area (Å²) in [6.45, 7) is 7.54. The van der Waals surface area contributed by atoms with Crippen molar-refractivity contribution in [2.24, 2.45) is 11.7 Å². The predicted molar refractivity (Wildman–Crippen MR) is 109 cm³/mol. The van der Waals surface area contributed by atoms with Crippen LogP contribution in [0, 0.1) is 5.92 Å². The number of carbonyl (C=O) groups excluding carboxylic acids is 1. The minimum Gasteiger partial charge on any atom is -0.491 e. The van der Waals surface area contributed by atoms with Gasteiger partial charge in [-0.3, -0.25) is 4.79 Å². The zero-order valence-corrected chi connectivity index (χ0v) is 16.6. The van der Waals surface area contributed by atoms with Crippen LogP contribution < -0.4 is 26.7 Å². The molecule has 7 nitrogen and oxygen atoms in total. The van der Waals surface area contributed by atoms with Crippen molar-refractivity contribution in [2.45, 2.75) is 46.7 Å². The Bertz CT molecular complexity index is 858. The quantitative estimate of drug-likeness (QED) is 0.619. The molecule has 0 aliphatic rings. The van der Waals surface area contributed by atoms with Crippen molar-refractivity contribution in [3.63, 3.8) is 0 Å². The molecule has 2 rings (SSSR count). The molecule has 0 fully saturated rings. The molecule has 0 saturated carbocycles. The number of ether oxygens (including phenoxy) is 1. The normalized spacial score (nSPS) is 11.0. The van der Waals surface area contributed by atoms with Gasteiger partial charge in [-0.1, -0.05) is 27.2 Å². The van der Waals surface area contributed by atoms with Gasteiger partial charge in [0.05, 0.1) is 17.7 Å². The van der Waals surface area contributed by atoms with Crippen LogP contribution in [-0.4, -0.2) is 24.3 Å². The lowest BCUT2D eigenvalue weighted by Gasteiger charge is -2.21. The Balaban J connectivity index is 2.69. The standard InChI is InChI=1S/C20H30N4O3/c1-5-6-9-27-18-16-10-14(23-20(26)22-4)7-8-15(16)19(25)24(12-13(2)3)17(18)11-21/h7-8,10,13H,5-6,9,11-12,21H2,1-4H3,(H2,22,23,26). The second-order valence-corrected chi connectivity index (χ2v) is 6.96. The maximum Gasteiger partial charge on any atom is 0.318 e. The molecule has 148 valence electrons. The van der Waals surface area contributed by atoms with Crippen LogP contribution in [-0.2, 0) is 13.1 Å². The number of benzene rings is 1. The molecule has 2 amide bonds. The summed E-state index contributed by atoms with van der Waals surface area (Å²) < 4.78 is 7.80. The molecule has 2 aromatic rings. The van der Waals surface area contributed by atoms with Crippen LogP contribution in [0.2, 0.25) is 0 Å². The molecule has 7 heteroatoms. The maximum absolute atomic E-state index is 13.1. The maximum atomic E-state index is 13.1. The molecule has 0 unspecified atom stereocenters. The van der Waals surface area contributed by atoms with Gasteiger partial charge in [-0.25, -0.2) is 4.79 Å². The van der Waals surface area contributed by atoms with Gasteiger partial charge in [-0.05, 0) is 30.5 Å². The van der Waals surface area contributed by atoms with Crippen LogP contribution in [0.1, 0.15) is 39.3 Å². The highest BCUT2D eigenvalue weighted by Crippen LogP contribution is 2.30. The topological polar surface area (TPSA) is 98.4 Å². The number of urea groups is 1. The fourth-order valence-electron chi connectivity index (χ4n) is 2.98. The van der Waals surface area contributed by atoms with E-state index in [1.54, 1.807) is 29.8 Å². The molecule has 0 aliphatic carbocycles. The van der Waals surface area contributed by atoms with Gasteiger partial charge < -0.3 is 25.7 Å². The number of nitrogens with zero attached hydrogens (tertiary/aromatic N) is 1. The number of rotatable bonds is 8. The molecule has 1 aromatic heterocycles. The molecule has 0 aliphatic heterocycles. The first-order valence-corrected chi connectivity index (χ1v) is 9.43. The molecular formula is C20H30N4O3. The fourth-order valence-corrected chi connectivity index (χ4v) is 2.98. The third-order valence-electron chi connectivity index (χ3n) is 4.30.